The summed E-state index contributed by atoms with van der Waals surface area (Å²) in [4.78, 5) is 16.1. The lowest BCUT2D eigenvalue weighted by Crippen LogP contribution is -2.17. The first kappa shape index (κ1) is 13.1. The number of esters is 1. The Hall–Kier alpha value is -1.87. The molecule has 1 aromatic carbocycles. The number of nitrogens with zero attached hydrogens (tertiary/aromatic N) is 1. The van der Waals surface area contributed by atoms with Crippen molar-refractivity contribution in [2.24, 2.45) is 0 Å². The van der Waals surface area contributed by atoms with E-state index in [2.05, 4.69) is 11.1 Å². The molecule has 0 saturated heterocycles. The molecule has 0 spiro atoms. The van der Waals surface area contributed by atoms with Gasteiger partial charge in [0.1, 0.15) is 6.10 Å². The van der Waals surface area contributed by atoms with Gasteiger partial charge in [0, 0.05) is 12.4 Å². The number of hydrogen-bond acceptors (Lipinski definition) is 3. The van der Waals surface area contributed by atoms with E-state index in [4.69, 9.17) is 16.3 Å². The first-order chi connectivity index (χ1) is 9.75. The van der Waals surface area contributed by atoms with Crippen LogP contribution in [-0.4, -0.2) is 11.0 Å². The highest BCUT2D eigenvalue weighted by atomic mass is 35.5. The number of carbonyl (C=O) groups excluding carboxylic acids is 1. The normalized spacial score (nSPS) is 17.4. The van der Waals surface area contributed by atoms with Crippen molar-refractivity contribution < 1.29 is 9.53 Å². The minimum atomic E-state index is -0.412. The third kappa shape index (κ3) is 2.54. The van der Waals surface area contributed by atoms with Crippen LogP contribution in [0.1, 0.15) is 40.4 Å². The molecule has 1 aromatic heterocycles. The number of aromatic nitrogens is 1. The van der Waals surface area contributed by atoms with Crippen molar-refractivity contribution in [1.82, 2.24) is 4.98 Å². The number of ether oxygens (including phenoxy) is 1. The Kier molecular flexibility index (Phi) is 3.70. The average Bonchev–Trinajstić information content (AvgIpc) is 2.48. The van der Waals surface area contributed by atoms with Crippen LogP contribution < -0.4 is 0 Å². The number of benzene rings is 1. The predicted octanol–water partition coefficient (Wildman–Crippen LogP) is 3.97. The Balaban J connectivity index is 1.83. The molecule has 0 radical (unpaired) electrons. The molecule has 0 aliphatic heterocycles. The summed E-state index contributed by atoms with van der Waals surface area (Å²) >= 11 is 6.00. The van der Waals surface area contributed by atoms with Crippen molar-refractivity contribution in [3.63, 3.8) is 0 Å². The fourth-order valence-corrected chi connectivity index (χ4v) is 2.73. The van der Waals surface area contributed by atoms with Gasteiger partial charge in [0.15, 0.2) is 0 Å². The van der Waals surface area contributed by atoms with E-state index in [0.717, 1.165) is 24.8 Å². The molecule has 3 rings (SSSR count). The van der Waals surface area contributed by atoms with Gasteiger partial charge in [-0.25, -0.2) is 4.79 Å². The molecule has 102 valence electrons. The first-order valence-electron chi connectivity index (χ1n) is 6.64. The second-order valence-electron chi connectivity index (χ2n) is 4.84. The molecule has 0 fully saturated rings. The van der Waals surface area contributed by atoms with Crippen molar-refractivity contribution in [3.8, 4) is 0 Å². The highest BCUT2D eigenvalue weighted by molar-refractivity contribution is 6.33. The van der Waals surface area contributed by atoms with E-state index in [0.29, 0.717) is 10.6 Å². The number of aryl methyl sites for hydroxylation is 1. The number of rotatable bonds is 2. The van der Waals surface area contributed by atoms with Crippen LogP contribution in [-0.2, 0) is 11.2 Å². The minimum Gasteiger partial charge on any atom is -0.454 e. The van der Waals surface area contributed by atoms with E-state index in [1.807, 2.05) is 18.2 Å². The van der Waals surface area contributed by atoms with Gasteiger partial charge in [-0.05, 0) is 36.5 Å². The molecule has 0 bridgehead atoms. The van der Waals surface area contributed by atoms with Gasteiger partial charge in [-0.3, -0.25) is 4.98 Å². The van der Waals surface area contributed by atoms with Crippen molar-refractivity contribution in [2.45, 2.75) is 25.4 Å². The molecule has 1 heterocycles. The Morgan fingerprint density at radius 1 is 1.30 bits per heavy atom. The Bertz CT molecular complexity index is 642. The topological polar surface area (TPSA) is 39.2 Å². The van der Waals surface area contributed by atoms with Crippen LogP contribution >= 0.6 is 11.6 Å². The van der Waals surface area contributed by atoms with Crippen LogP contribution in [0.25, 0.3) is 0 Å². The number of fused-ring (bicyclic) bond motifs is 1. The molecule has 0 saturated carbocycles. The smallest absolute Gasteiger partial charge is 0.341 e. The van der Waals surface area contributed by atoms with Crippen molar-refractivity contribution in [3.05, 3.63) is 64.4 Å². The van der Waals surface area contributed by atoms with Crippen LogP contribution in [0.5, 0.6) is 0 Å². The third-order valence-corrected chi connectivity index (χ3v) is 3.88. The van der Waals surface area contributed by atoms with E-state index < -0.39 is 5.97 Å². The fraction of sp³-hybridized carbons (Fsp3) is 0.250. The van der Waals surface area contributed by atoms with Gasteiger partial charge in [-0.1, -0.05) is 35.9 Å². The minimum absolute atomic E-state index is 0.191. The summed E-state index contributed by atoms with van der Waals surface area (Å²) in [5.74, 6) is -0.412. The molecular formula is C16H14ClNO2. The Labute approximate surface area is 122 Å². The van der Waals surface area contributed by atoms with Gasteiger partial charge in [0.2, 0.25) is 0 Å². The summed E-state index contributed by atoms with van der Waals surface area (Å²) < 4.78 is 5.62. The van der Waals surface area contributed by atoms with Crippen LogP contribution in [0.4, 0.5) is 0 Å². The molecular weight excluding hydrogens is 274 g/mol. The summed E-state index contributed by atoms with van der Waals surface area (Å²) in [5, 5.41) is 0.370. The lowest BCUT2D eigenvalue weighted by molar-refractivity contribution is 0.0256. The zero-order valence-electron chi connectivity index (χ0n) is 10.9. The van der Waals surface area contributed by atoms with Gasteiger partial charge in [-0.15, -0.1) is 0 Å². The standard InChI is InChI=1S/C16H14ClNO2/c17-14-8-9-18-10-13(14)16(19)20-15-7-3-5-11-4-1-2-6-12(11)15/h1-2,4,6,8-10,15H,3,5,7H2. The van der Waals surface area contributed by atoms with Crippen LogP contribution in [0.15, 0.2) is 42.7 Å². The second kappa shape index (κ2) is 5.63. The maximum atomic E-state index is 12.2. The number of carbonyl (C=O) groups is 1. The highest BCUT2D eigenvalue weighted by Gasteiger charge is 2.24. The quantitative estimate of drug-likeness (QED) is 0.785. The van der Waals surface area contributed by atoms with Gasteiger partial charge in [0.05, 0.1) is 10.6 Å². The molecule has 1 aliphatic carbocycles. The van der Waals surface area contributed by atoms with E-state index in [1.54, 1.807) is 12.3 Å². The van der Waals surface area contributed by atoms with Gasteiger partial charge < -0.3 is 4.74 Å². The molecule has 2 aromatic rings. The number of halogens is 1. The summed E-state index contributed by atoms with van der Waals surface area (Å²) in [6, 6.07) is 9.69. The molecule has 1 atom stereocenters. The average molecular weight is 288 g/mol. The van der Waals surface area contributed by atoms with Gasteiger partial charge >= 0.3 is 5.97 Å². The molecule has 1 aliphatic rings. The lowest BCUT2D eigenvalue weighted by Gasteiger charge is -2.25. The fourth-order valence-electron chi connectivity index (χ4n) is 2.55. The zero-order valence-corrected chi connectivity index (χ0v) is 11.6. The van der Waals surface area contributed by atoms with Gasteiger partial charge in [-0.2, -0.15) is 0 Å². The van der Waals surface area contributed by atoms with E-state index >= 15 is 0 Å². The number of hydrogen-bond donors (Lipinski definition) is 0. The maximum absolute atomic E-state index is 12.2. The molecule has 3 nitrogen and oxygen atoms in total. The summed E-state index contributed by atoms with van der Waals surface area (Å²) in [6.07, 6.45) is 5.71. The molecule has 20 heavy (non-hydrogen) atoms. The SMILES string of the molecule is O=C(OC1CCCc2ccccc21)c1cnccc1Cl. The molecule has 0 amide bonds. The van der Waals surface area contributed by atoms with Crippen molar-refractivity contribution >= 4 is 17.6 Å². The largest absolute Gasteiger partial charge is 0.454 e. The van der Waals surface area contributed by atoms with Crippen molar-refractivity contribution in [2.75, 3.05) is 0 Å². The summed E-state index contributed by atoms with van der Waals surface area (Å²) in [7, 11) is 0. The Morgan fingerprint density at radius 3 is 3.00 bits per heavy atom. The summed E-state index contributed by atoms with van der Waals surface area (Å²) in [6.45, 7) is 0. The molecule has 4 heteroatoms. The van der Waals surface area contributed by atoms with Crippen LogP contribution in [0.3, 0.4) is 0 Å². The highest BCUT2D eigenvalue weighted by Crippen LogP contribution is 2.33. The first-order valence-corrected chi connectivity index (χ1v) is 7.02. The van der Waals surface area contributed by atoms with Crippen LogP contribution in [0.2, 0.25) is 5.02 Å². The van der Waals surface area contributed by atoms with E-state index in [9.17, 15) is 4.79 Å². The molecule has 0 N–H and O–H groups in total. The second-order valence-corrected chi connectivity index (χ2v) is 5.25. The summed E-state index contributed by atoms with van der Waals surface area (Å²) in [5.41, 5.74) is 2.68. The van der Waals surface area contributed by atoms with E-state index in [1.165, 1.54) is 11.8 Å². The van der Waals surface area contributed by atoms with Crippen LogP contribution in [0, 0.1) is 0 Å². The Morgan fingerprint density at radius 2 is 2.15 bits per heavy atom. The lowest BCUT2D eigenvalue weighted by atomic mass is 9.89. The molecule has 1 unspecified atom stereocenters. The van der Waals surface area contributed by atoms with Crippen molar-refractivity contribution in [1.29, 1.82) is 0 Å². The maximum Gasteiger partial charge on any atom is 0.341 e. The monoisotopic (exact) mass is 287 g/mol. The van der Waals surface area contributed by atoms with Gasteiger partial charge in [0.25, 0.3) is 0 Å². The zero-order chi connectivity index (χ0) is 13.9. The third-order valence-electron chi connectivity index (χ3n) is 3.55. The predicted molar refractivity (Wildman–Crippen MR) is 76.8 cm³/mol. The van der Waals surface area contributed by atoms with E-state index in [-0.39, 0.29) is 6.10 Å². The number of pyridine rings is 1.